The summed E-state index contributed by atoms with van der Waals surface area (Å²) in [6, 6.07) is 13.7. The van der Waals surface area contributed by atoms with Gasteiger partial charge in [-0.1, -0.05) is 26.0 Å². The first kappa shape index (κ1) is 20.1. The fraction of sp³-hybridized carbons (Fsp3) is 0.286. The van der Waals surface area contributed by atoms with Gasteiger partial charge in [-0.3, -0.25) is 4.98 Å². The van der Waals surface area contributed by atoms with Gasteiger partial charge < -0.3 is 15.7 Å². The lowest BCUT2D eigenvalue weighted by atomic mass is 10.1. The summed E-state index contributed by atoms with van der Waals surface area (Å²) in [6.07, 6.45) is 5.55. The predicted octanol–water partition coefficient (Wildman–Crippen LogP) is 4.43. The van der Waals surface area contributed by atoms with Gasteiger partial charge in [0.05, 0.1) is 24.0 Å². The Hall–Kier alpha value is -2.64. The number of para-hydroxylation sites is 1. The van der Waals surface area contributed by atoms with Crippen molar-refractivity contribution in [2.24, 2.45) is 5.92 Å². The van der Waals surface area contributed by atoms with Crippen LogP contribution in [0.15, 0.2) is 59.8 Å². The summed E-state index contributed by atoms with van der Waals surface area (Å²) in [5.74, 6) is 1.39. The summed E-state index contributed by atoms with van der Waals surface area (Å²) in [5, 5.41) is 16.3. The molecule has 0 saturated heterocycles. The molecule has 1 aromatic carbocycles. The number of rotatable bonds is 8. The third kappa shape index (κ3) is 4.99. The van der Waals surface area contributed by atoms with E-state index >= 15 is 0 Å². The molecule has 3 rings (SSSR count). The van der Waals surface area contributed by atoms with Crippen molar-refractivity contribution in [2.75, 3.05) is 23.5 Å². The third-order valence-corrected chi connectivity index (χ3v) is 5.16. The zero-order valence-electron chi connectivity index (χ0n) is 16.3. The Balaban J connectivity index is 1.99. The van der Waals surface area contributed by atoms with Crippen molar-refractivity contribution in [1.82, 2.24) is 15.0 Å². The lowest BCUT2D eigenvalue weighted by Crippen LogP contribution is -2.30. The molecule has 2 aromatic heterocycles. The molecular formula is C21H25N5OS. The van der Waals surface area contributed by atoms with E-state index in [1.807, 2.05) is 56.5 Å². The van der Waals surface area contributed by atoms with E-state index in [4.69, 9.17) is 0 Å². The minimum atomic E-state index is -0.129. The number of aliphatic hydroxyl groups is 1. The number of hydrogen-bond donors (Lipinski definition) is 3. The summed E-state index contributed by atoms with van der Waals surface area (Å²) < 4.78 is 0. The maximum atomic E-state index is 9.67. The van der Waals surface area contributed by atoms with Gasteiger partial charge in [0, 0.05) is 28.9 Å². The van der Waals surface area contributed by atoms with Crippen molar-refractivity contribution in [3.8, 4) is 11.3 Å². The lowest BCUT2D eigenvalue weighted by Gasteiger charge is -2.21. The van der Waals surface area contributed by atoms with Gasteiger partial charge in [0.15, 0.2) is 0 Å². The maximum absolute atomic E-state index is 9.67. The average molecular weight is 396 g/mol. The summed E-state index contributed by atoms with van der Waals surface area (Å²) in [5.41, 5.74) is 2.65. The first-order chi connectivity index (χ1) is 13.6. The zero-order valence-corrected chi connectivity index (χ0v) is 17.1. The minimum absolute atomic E-state index is 0.0101. The molecule has 0 amide bonds. The summed E-state index contributed by atoms with van der Waals surface area (Å²) in [7, 11) is 0. The smallest absolute Gasteiger partial charge is 0.225 e. The first-order valence-corrected chi connectivity index (χ1v) is 10.4. The number of benzene rings is 1. The highest BCUT2D eigenvalue weighted by molar-refractivity contribution is 7.98. The van der Waals surface area contributed by atoms with Gasteiger partial charge in [-0.05, 0) is 36.4 Å². The Morgan fingerprint density at radius 1 is 1.11 bits per heavy atom. The number of thioether (sulfide) groups is 1. The van der Waals surface area contributed by atoms with Gasteiger partial charge in [0.25, 0.3) is 0 Å². The summed E-state index contributed by atoms with van der Waals surface area (Å²) in [4.78, 5) is 14.6. The van der Waals surface area contributed by atoms with Crippen LogP contribution in [0.1, 0.15) is 13.8 Å². The largest absolute Gasteiger partial charge is 0.394 e. The second kappa shape index (κ2) is 9.52. The SMILES string of the molecule is CSc1ccccc1Nc1cc(-c2cccnc2)nc(N[C@H](CO)C(C)C)n1. The monoisotopic (exact) mass is 395 g/mol. The van der Waals surface area contributed by atoms with Crippen LogP contribution >= 0.6 is 11.8 Å². The molecular weight excluding hydrogens is 370 g/mol. The molecule has 3 aromatic rings. The van der Waals surface area contributed by atoms with E-state index in [1.54, 1.807) is 24.2 Å². The molecule has 1 atom stereocenters. The molecule has 0 saturated carbocycles. The summed E-state index contributed by atoms with van der Waals surface area (Å²) in [6.45, 7) is 4.11. The van der Waals surface area contributed by atoms with Gasteiger partial charge in [0.2, 0.25) is 5.95 Å². The highest BCUT2D eigenvalue weighted by Crippen LogP contribution is 2.29. The standard InChI is InChI=1S/C21H25N5OS/c1-14(2)18(13-27)25-21-24-17(15-7-6-10-22-12-15)11-20(26-21)23-16-8-4-5-9-19(16)28-3/h4-12,14,18,27H,13H2,1-3H3,(H2,23,24,25,26)/t18-/m1/s1. The molecule has 0 aliphatic heterocycles. The normalized spacial score (nSPS) is 12.0. The minimum Gasteiger partial charge on any atom is -0.394 e. The molecule has 0 fully saturated rings. The number of aliphatic hydroxyl groups excluding tert-OH is 1. The topological polar surface area (TPSA) is 83.0 Å². The van der Waals surface area contributed by atoms with Crippen LogP contribution in [0.3, 0.4) is 0 Å². The molecule has 0 spiro atoms. The quantitative estimate of drug-likeness (QED) is 0.487. The summed E-state index contributed by atoms with van der Waals surface area (Å²) >= 11 is 1.67. The first-order valence-electron chi connectivity index (χ1n) is 9.17. The Kier molecular flexibility index (Phi) is 6.84. The van der Waals surface area contributed by atoms with Crippen LogP contribution in [0.2, 0.25) is 0 Å². The molecule has 0 aliphatic rings. The van der Waals surface area contributed by atoms with E-state index < -0.39 is 0 Å². The average Bonchev–Trinajstić information content (AvgIpc) is 2.72. The van der Waals surface area contributed by atoms with Crippen LogP contribution in [0.5, 0.6) is 0 Å². The fourth-order valence-electron chi connectivity index (χ4n) is 2.71. The van der Waals surface area contributed by atoms with E-state index in [0.29, 0.717) is 11.8 Å². The number of anilines is 3. The van der Waals surface area contributed by atoms with E-state index in [-0.39, 0.29) is 18.6 Å². The van der Waals surface area contributed by atoms with Crippen LogP contribution in [0.25, 0.3) is 11.3 Å². The Labute approximate surface area is 169 Å². The second-order valence-electron chi connectivity index (χ2n) is 6.71. The van der Waals surface area contributed by atoms with E-state index in [2.05, 4.69) is 31.7 Å². The second-order valence-corrected chi connectivity index (χ2v) is 7.55. The van der Waals surface area contributed by atoms with Gasteiger partial charge in [-0.25, -0.2) is 4.98 Å². The van der Waals surface area contributed by atoms with Gasteiger partial charge in [0.1, 0.15) is 5.82 Å². The number of pyridine rings is 1. The third-order valence-electron chi connectivity index (χ3n) is 4.37. The van der Waals surface area contributed by atoms with Crippen molar-refractivity contribution >= 4 is 29.2 Å². The molecule has 7 heteroatoms. The molecule has 2 heterocycles. The maximum Gasteiger partial charge on any atom is 0.225 e. The molecule has 6 nitrogen and oxygen atoms in total. The van der Waals surface area contributed by atoms with Crippen LogP contribution in [0.4, 0.5) is 17.5 Å². The van der Waals surface area contributed by atoms with E-state index in [0.717, 1.165) is 21.8 Å². The van der Waals surface area contributed by atoms with Crippen molar-refractivity contribution in [1.29, 1.82) is 0 Å². The number of nitrogens with zero attached hydrogens (tertiary/aromatic N) is 3. The van der Waals surface area contributed by atoms with Crippen LogP contribution in [-0.2, 0) is 0 Å². The lowest BCUT2D eigenvalue weighted by molar-refractivity contribution is 0.248. The highest BCUT2D eigenvalue weighted by atomic mass is 32.2. The van der Waals surface area contributed by atoms with E-state index in [9.17, 15) is 5.11 Å². The van der Waals surface area contributed by atoms with Crippen molar-refractivity contribution < 1.29 is 5.11 Å². The Bertz CT molecular complexity index is 904. The zero-order chi connectivity index (χ0) is 19.9. The number of hydrogen-bond acceptors (Lipinski definition) is 7. The molecule has 3 N–H and O–H groups in total. The van der Waals surface area contributed by atoms with Gasteiger partial charge >= 0.3 is 0 Å². The van der Waals surface area contributed by atoms with E-state index in [1.165, 1.54) is 0 Å². The predicted molar refractivity (Wildman–Crippen MR) is 116 cm³/mol. The van der Waals surface area contributed by atoms with Crippen molar-refractivity contribution in [3.05, 3.63) is 54.9 Å². The molecule has 0 aliphatic carbocycles. The molecule has 0 unspecified atom stereocenters. The Morgan fingerprint density at radius 2 is 1.93 bits per heavy atom. The van der Waals surface area contributed by atoms with Crippen LogP contribution in [-0.4, -0.2) is 39.0 Å². The van der Waals surface area contributed by atoms with Crippen LogP contribution in [0, 0.1) is 5.92 Å². The molecule has 28 heavy (non-hydrogen) atoms. The molecule has 0 bridgehead atoms. The van der Waals surface area contributed by atoms with Crippen LogP contribution < -0.4 is 10.6 Å². The van der Waals surface area contributed by atoms with Crippen molar-refractivity contribution in [2.45, 2.75) is 24.8 Å². The van der Waals surface area contributed by atoms with Crippen molar-refractivity contribution in [3.63, 3.8) is 0 Å². The Morgan fingerprint density at radius 3 is 2.61 bits per heavy atom. The number of nitrogens with one attached hydrogen (secondary N) is 2. The van der Waals surface area contributed by atoms with Gasteiger partial charge in [-0.15, -0.1) is 11.8 Å². The molecule has 146 valence electrons. The number of aromatic nitrogens is 3. The van der Waals surface area contributed by atoms with Gasteiger partial charge in [-0.2, -0.15) is 4.98 Å². The fourth-order valence-corrected chi connectivity index (χ4v) is 3.27. The molecule has 0 radical (unpaired) electrons. The highest BCUT2D eigenvalue weighted by Gasteiger charge is 2.15.